The smallest absolute Gasteiger partial charge is 0.00987 e. The molecule has 16 heavy (non-hydrogen) atoms. The van der Waals surface area contributed by atoms with Gasteiger partial charge in [0.25, 0.3) is 0 Å². The lowest BCUT2D eigenvalue weighted by Gasteiger charge is -2.39. The molecule has 1 aliphatic carbocycles. The van der Waals surface area contributed by atoms with E-state index in [1.54, 1.807) is 0 Å². The Hall–Kier alpha value is 0.960. The van der Waals surface area contributed by atoms with E-state index in [9.17, 15) is 0 Å². The zero-order chi connectivity index (χ0) is 12.0. The Balaban J connectivity index is 2.69. The third-order valence-electron chi connectivity index (χ3n) is 4.60. The van der Waals surface area contributed by atoms with Crippen molar-refractivity contribution in [2.24, 2.45) is 17.3 Å². The van der Waals surface area contributed by atoms with E-state index in [-0.39, 0.29) is 0 Å². The van der Waals surface area contributed by atoms with Crippen molar-refractivity contribution >= 4 is 31.9 Å². The third kappa shape index (κ3) is 3.48. The maximum absolute atomic E-state index is 3.80. The van der Waals surface area contributed by atoms with Crippen LogP contribution in [0.1, 0.15) is 58.8 Å². The maximum Gasteiger partial charge on any atom is 0.00987 e. The molecule has 1 rings (SSSR count). The van der Waals surface area contributed by atoms with Crippen LogP contribution in [-0.4, -0.2) is 10.7 Å². The van der Waals surface area contributed by atoms with Gasteiger partial charge in [-0.25, -0.2) is 0 Å². The van der Waals surface area contributed by atoms with Gasteiger partial charge in [0.05, 0.1) is 0 Å². The van der Waals surface area contributed by atoms with Crippen molar-refractivity contribution < 1.29 is 0 Å². The molecule has 0 spiro atoms. The summed E-state index contributed by atoms with van der Waals surface area (Å²) in [6, 6.07) is 0. The van der Waals surface area contributed by atoms with E-state index in [1.165, 1.54) is 55.6 Å². The number of halogens is 2. The second-order valence-electron chi connectivity index (χ2n) is 5.50. The first-order valence-corrected chi connectivity index (χ1v) is 9.08. The second kappa shape index (κ2) is 7.41. The molecular formula is C14H26Br2. The summed E-state index contributed by atoms with van der Waals surface area (Å²) in [5, 5.41) is 2.35. The number of hydrogen-bond acceptors (Lipinski definition) is 0. The van der Waals surface area contributed by atoms with Gasteiger partial charge in [0.15, 0.2) is 0 Å². The summed E-state index contributed by atoms with van der Waals surface area (Å²) in [5.41, 5.74) is 0.521. The van der Waals surface area contributed by atoms with Crippen molar-refractivity contribution in [2.75, 3.05) is 10.7 Å². The summed E-state index contributed by atoms with van der Waals surface area (Å²) in [4.78, 5) is 0. The molecule has 1 fully saturated rings. The summed E-state index contributed by atoms with van der Waals surface area (Å²) in [6.07, 6.45) is 9.90. The number of hydrogen-bond donors (Lipinski definition) is 0. The Morgan fingerprint density at radius 1 is 1.06 bits per heavy atom. The molecule has 0 heterocycles. The molecule has 0 aromatic heterocycles. The van der Waals surface area contributed by atoms with Crippen molar-refractivity contribution in [3.8, 4) is 0 Å². The molecule has 0 aromatic carbocycles. The predicted molar refractivity (Wildman–Crippen MR) is 80.7 cm³/mol. The van der Waals surface area contributed by atoms with Crippen LogP contribution >= 0.6 is 31.9 Å². The van der Waals surface area contributed by atoms with Crippen LogP contribution in [0.3, 0.4) is 0 Å². The van der Waals surface area contributed by atoms with Crippen molar-refractivity contribution in [1.29, 1.82) is 0 Å². The normalized spacial score (nSPS) is 18.6. The molecule has 0 radical (unpaired) electrons. The van der Waals surface area contributed by atoms with Crippen LogP contribution in [0.15, 0.2) is 0 Å². The van der Waals surface area contributed by atoms with E-state index in [1.807, 2.05) is 0 Å². The SMILES string of the molecule is CCC(CC)CC(CBr)(CBr)C1CCCC1. The van der Waals surface area contributed by atoms with Crippen molar-refractivity contribution in [2.45, 2.75) is 58.8 Å². The molecule has 0 bridgehead atoms. The molecule has 2 heteroatoms. The van der Waals surface area contributed by atoms with Crippen LogP contribution in [0, 0.1) is 17.3 Å². The Bertz CT molecular complexity index is 177. The van der Waals surface area contributed by atoms with Crippen LogP contribution in [-0.2, 0) is 0 Å². The summed E-state index contributed by atoms with van der Waals surface area (Å²) in [7, 11) is 0. The minimum absolute atomic E-state index is 0.521. The van der Waals surface area contributed by atoms with E-state index in [0.717, 1.165) is 11.8 Å². The largest absolute Gasteiger partial charge is 0.0922 e. The summed E-state index contributed by atoms with van der Waals surface area (Å²) in [5.74, 6) is 1.86. The molecule has 0 aromatic rings. The minimum Gasteiger partial charge on any atom is -0.0922 e. The molecule has 0 unspecified atom stereocenters. The quantitative estimate of drug-likeness (QED) is 0.509. The van der Waals surface area contributed by atoms with Crippen LogP contribution < -0.4 is 0 Å². The molecule has 1 aliphatic rings. The highest BCUT2D eigenvalue weighted by Gasteiger charge is 2.39. The van der Waals surface area contributed by atoms with Gasteiger partial charge >= 0.3 is 0 Å². The summed E-state index contributed by atoms with van der Waals surface area (Å²) < 4.78 is 0. The fraction of sp³-hybridized carbons (Fsp3) is 1.00. The molecular weight excluding hydrogens is 328 g/mol. The molecule has 96 valence electrons. The first-order chi connectivity index (χ1) is 7.72. The van der Waals surface area contributed by atoms with E-state index in [2.05, 4.69) is 45.7 Å². The monoisotopic (exact) mass is 352 g/mol. The molecule has 0 aliphatic heterocycles. The summed E-state index contributed by atoms with van der Waals surface area (Å²) >= 11 is 7.60. The highest BCUT2D eigenvalue weighted by molar-refractivity contribution is 9.09. The lowest BCUT2D eigenvalue weighted by molar-refractivity contribution is 0.174. The first kappa shape index (κ1) is 15.0. The zero-order valence-corrected chi connectivity index (χ0v) is 13.9. The minimum atomic E-state index is 0.521. The lowest BCUT2D eigenvalue weighted by atomic mass is 9.71. The lowest BCUT2D eigenvalue weighted by Crippen LogP contribution is -2.35. The average molecular weight is 354 g/mol. The van der Waals surface area contributed by atoms with Crippen LogP contribution in [0.4, 0.5) is 0 Å². The van der Waals surface area contributed by atoms with Gasteiger partial charge in [-0.1, -0.05) is 71.4 Å². The maximum atomic E-state index is 3.80. The van der Waals surface area contributed by atoms with Gasteiger partial charge in [-0.3, -0.25) is 0 Å². The van der Waals surface area contributed by atoms with Crippen molar-refractivity contribution in [3.05, 3.63) is 0 Å². The van der Waals surface area contributed by atoms with Gasteiger partial charge in [0.1, 0.15) is 0 Å². The van der Waals surface area contributed by atoms with Gasteiger partial charge in [0.2, 0.25) is 0 Å². The molecule has 0 saturated heterocycles. The highest BCUT2D eigenvalue weighted by Crippen LogP contribution is 2.47. The molecule has 1 saturated carbocycles. The standard InChI is InChI=1S/C14H26Br2/c1-3-12(4-2)9-14(10-15,11-16)13-7-5-6-8-13/h12-13H,3-11H2,1-2H3. The van der Waals surface area contributed by atoms with Crippen LogP contribution in [0.5, 0.6) is 0 Å². The van der Waals surface area contributed by atoms with Crippen LogP contribution in [0.2, 0.25) is 0 Å². The van der Waals surface area contributed by atoms with E-state index >= 15 is 0 Å². The fourth-order valence-electron chi connectivity index (χ4n) is 3.22. The van der Waals surface area contributed by atoms with Crippen LogP contribution in [0.25, 0.3) is 0 Å². The second-order valence-corrected chi connectivity index (χ2v) is 6.62. The van der Waals surface area contributed by atoms with E-state index in [4.69, 9.17) is 0 Å². The molecule has 0 amide bonds. The van der Waals surface area contributed by atoms with Crippen molar-refractivity contribution in [3.63, 3.8) is 0 Å². The van der Waals surface area contributed by atoms with Crippen molar-refractivity contribution in [1.82, 2.24) is 0 Å². The Kier molecular flexibility index (Phi) is 6.95. The molecule has 0 atom stereocenters. The summed E-state index contributed by atoms with van der Waals surface area (Å²) in [6.45, 7) is 4.69. The molecule has 0 nitrogen and oxygen atoms in total. The average Bonchev–Trinajstić information content (AvgIpc) is 2.86. The van der Waals surface area contributed by atoms with E-state index < -0.39 is 0 Å². The van der Waals surface area contributed by atoms with Gasteiger partial charge in [-0.2, -0.15) is 0 Å². The Morgan fingerprint density at radius 3 is 1.94 bits per heavy atom. The van der Waals surface area contributed by atoms with Gasteiger partial charge < -0.3 is 0 Å². The van der Waals surface area contributed by atoms with E-state index in [0.29, 0.717) is 5.41 Å². The Morgan fingerprint density at radius 2 is 1.56 bits per heavy atom. The topological polar surface area (TPSA) is 0 Å². The van der Waals surface area contributed by atoms with Gasteiger partial charge in [-0.05, 0) is 36.5 Å². The molecule has 0 N–H and O–H groups in total. The number of rotatable bonds is 7. The first-order valence-electron chi connectivity index (χ1n) is 6.84. The van der Waals surface area contributed by atoms with Gasteiger partial charge in [0, 0.05) is 10.7 Å². The third-order valence-corrected chi connectivity index (χ3v) is 6.84. The predicted octanol–water partition coefficient (Wildman–Crippen LogP) is 5.78. The Labute approximate surface area is 118 Å². The zero-order valence-electron chi connectivity index (χ0n) is 10.8. The van der Waals surface area contributed by atoms with Gasteiger partial charge in [-0.15, -0.1) is 0 Å². The fourth-order valence-corrected chi connectivity index (χ4v) is 5.52. The number of alkyl halides is 2. The highest BCUT2D eigenvalue weighted by atomic mass is 79.9.